The van der Waals surface area contributed by atoms with E-state index < -0.39 is 23.7 Å². The number of ether oxygens (including phenoxy) is 1. The summed E-state index contributed by atoms with van der Waals surface area (Å²) in [5.41, 5.74) is 6.02. The van der Waals surface area contributed by atoms with E-state index in [9.17, 15) is 24.6 Å². The second-order valence-corrected chi connectivity index (χ2v) is 12.9. The second-order valence-electron chi connectivity index (χ2n) is 12.5. The molecule has 6 rings (SSSR count). The summed E-state index contributed by atoms with van der Waals surface area (Å²) < 4.78 is 21.2. The molecule has 0 aliphatic carbocycles. The number of phenolic OH excluding ortho intramolecular Hbond substituents is 2. The van der Waals surface area contributed by atoms with Crippen LogP contribution in [0.4, 0.5) is 4.39 Å². The van der Waals surface area contributed by atoms with E-state index in [1.54, 1.807) is 30.3 Å². The highest BCUT2D eigenvalue weighted by Crippen LogP contribution is 2.36. The van der Waals surface area contributed by atoms with Gasteiger partial charge in [-0.15, -0.1) is 11.6 Å². The summed E-state index contributed by atoms with van der Waals surface area (Å²) in [6.45, 7) is 1.31. The Morgan fingerprint density at radius 1 is 0.940 bits per heavy atom. The van der Waals surface area contributed by atoms with Crippen LogP contribution in [-0.4, -0.2) is 69.9 Å². The molecule has 1 fully saturated rings. The number of halogens is 2. The van der Waals surface area contributed by atoms with E-state index in [1.807, 2.05) is 60.5 Å². The van der Waals surface area contributed by atoms with Gasteiger partial charge in [0.25, 0.3) is 5.91 Å². The van der Waals surface area contributed by atoms with Gasteiger partial charge in [0.05, 0.1) is 0 Å². The number of carbonyl (C=O) groups excluding carboxylic acids is 3. The van der Waals surface area contributed by atoms with Gasteiger partial charge in [0.1, 0.15) is 35.7 Å². The lowest BCUT2D eigenvalue weighted by atomic mass is 9.88. The minimum absolute atomic E-state index is 0.154. The largest absolute Gasteiger partial charge is 0.508 e. The van der Waals surface area contributed by atoms with Gasteiger partial charge in [-0.2, -0.15) is 0 Å². The molecule has 3 amide bonds. The van der Waals surface area contributed by atoms with Crippen LogP contribution >= 0.6 is 11.6 Å². The van der Waals surface area contributed by atoms with E-state index in [1.165, 1.54) is 11.0 Å². The Morgan fingerprint density at radius 2 is 1.56 bits per heavy atom. The zero-order valence-corrected chi connectivity index (χ0v) is 28.3. The summed E-state index contributed by atoms with van der Waals surface area (Å²) in [4.78, 5) is 40.3. The van der Waals surface area contributed by atoms with Gasteiger partial charge in [-0.1, -0.05) is 36.4 Å². The Morgan fingerprint density at radius 3 is 2.18 bits per heavy atom. The number of nitrogens with one attached hydrogen (secondary N) is 1. The van der Waals surface area contributed by atoms with Gasteiger partial charge >= 0.3 is 0 Å². The van der Waals surface area contributed by atoms with Crippen molar-refractivity contribution in [1.82, 2.24) is 15.1 Å². The first-order valence-electron chi connectivity index (χ1n) is 16.4. The van der Waals surface area contributed by atoms with Crippen LogP contribution in [0.2, 0.25) is 0 Å². The zero-order valence-electron chi connectivity index (χ0n) is 27.5. The number of likely N-dealkylation sites (N-methyl/N-ethyl adjacent to an activating group) is 1. The van der Waals surface area contributed by atoms with Gasteiger partial charge in [0.15, 0.2) is 0 Å². The fourth-order valence-corrected chi connectivity index (χ4v) is 6.67. The van der Waals surface area contributed by atoms with Crippen molar-refractivity contribution in [2.75, 3.05) is 26.1 Å². The molecular formula is C39H37ClFN3O6. The van der Waals surface area contributed by atoms with Crippen molar-refractivity contribution >= 4 is 40.5 Å². The van der Waals surface area contributed by atoms with Crippen molar-refractivity contribution in [1.29, 1.82) is 0 Å². The third kappa shape index (κ3) is 7.66. The third-order valence-electron chi connectivity index (χ3n) is 9.03. The average molecular weight is 698 g/mol. The Kier molecular flexibility index (Phi) is 10.5. The van der Waals surface area contributed by atoms with Gasteiger partial charge < -0.3 is 19.8 Å². The van der Waals surface area contributed by atoms with Crippen LogP contribution in [0.15, 0.2) is 84.9 Å². The molecule has 4 aromatic carbocycles. The molecule has 50 heavy (non-hydrogen) atoms. The molecular weight excluding hydrogens is 661 g/mol. The standard InChI is InChI=1S/C39H37ClFN3O6/c1-43(22-28-20-27-23-44(39(49)33(27)21-34(28)41)35-14-15-36(47)42-38(35)48)18-19-50-31-12-6-26(7-13-31)37(25-4-10-30(46)11-5-25)32(16-17-40)24-2-8-29(45)9-3-24/h2-13,20-21,35,45-46H,14-19,22-23H2,1H3,(H,42,47,48)/b37-32+. The smallest absolute Gasteiger partial charge is 0.255 e. The Hall–Kier alpha value is -5.19. The molecule has 0 saturated carbocycles. The maximum atomic E-state index is 15.2. The molecule has 2 aliphatic rings. The highest BCUT2D eigenvalue weighted by atomic mass is 35.5. The van der Waals surface area contributed by atoms with E-state index in [2.05, 4.69) is 5.32 Å². The number of aromatic hydroxyl groups is 2. The first-order valence-corrected chi connectivity index (χ1v) is 16.9. The average Bonchev–Trinajstić information content (AvgIpc) is 3.40. The molecule has 9 nitrogen and oxygen atoms in total. The number of alkyl halides is 1. The number of benzene rings is 4. The first kappa shape index (κ1) is 34.7. The van der Waals surface area contributed by atoms with Gasteiger partial charge in [-0.25, -0.2) is 4.39 Å². The summed E-state index contributed by atoms with van der Waals surface area (Å²) in [7, 11) is 1.86. The van der Waals surface area contributed by atoms with E-state index in [4.69, 9.17) is 16.3 Å². The normalized spacial score (nSPS) is 16.4. The monoisotopic (exact) mass is 697 g/mol. The van der Waals surface area contributed by atoms with Crippen molar-refractivity contribution in [2.45, 2.75) is 38.4 Å². The highest BCUT2D eigenvalue weighted by Gasteiger charge is 2.39. The quantitative estimate of drug-likeness (QED) is 0.0931. The minimum Gasteiger partial charge on any atom is -0.508 e. The van der Waals surface area contributed by atoms with Crippen LogP contribution in [0, 0.1) is 5.82 Å². The topological polar surface area (TPSA) is 119 Å². The van der Waals surface area contributed by atoms with Crippen molar-refractivity contribution in [3.05, 3.63) is 124 Å². The number of rotatable bonds is 12. The van der Waals surface area contributed by atoms with Crippen molar-refractivity contribution < 1.29 is 33.7 Å². The lowest BCUT2D eigenvalue weighted by molar-refractivity contribution is -0.136. The number of carbonyl (C=O) groups is 3. The number of hydrogen-bond donors (Lipinski definition) is 3. The highest BCUT2D eigenvalue weighted by molar-refractivity contribution is 6.18. The fraction of sp³-hybridized carbons (Fsp3) is 0.256. The number of amides is 3. The van der Waals surface area contributed by atoms with E-state index in [-0.39, 0.29) is 48.9 Å². The molecule has 258 valence electrons. The lowest BCUT2D eigenvalue weighted by Gasteiger charge is -2.29. The number of hydrogen-bond acceptors (Lipinski definition) is 7. The molecule has 0 spiro atoms. The minimum atomic E-state index is -0.754. The van der Waals surface area contributed by atoms with Crippen LogP contribution in [0.1, 0.15) is 57.4 Å². The van der Waals surface area contributed by atoms with E-state index in [0.717, 1.165) is 27.8 Å². The van der Waals surface area contributed by atoms with Crippen LogP contribution in [0.5, 0.6) is 17.2 Å². The molecule has 0 aromatic heterocycles. The van der Waals surface area contributed by atoms with E-state index in [0.29, 0.717) is 42.3 Å². The molecule has 1 saturated heterocycles. The third-order valence-corrected chi connectivity index (χ3v) is 9.22. The summed E-state index contributed by atoms with van der Waals surface area (Å²) in [5, 5.41) is 22.1. The molecule has 3 N–H and O–H groups in total. The van der Waals surface area contributed by atoms with Crippen molar-refractivity contribution in [3.63, 3.8) is 0 Å². The number of nitrogens with zero attached hydrogens (tertiary/aromatic N) is 2. The summed E-state index contributed by atoms with van der Waals surface area (Å²) >= 11 is 6.26. The number of imide groups is 1. The molecule has 4 aromatic rings. The van der Waals surface area contributed by atoms with Gasteiger partial charge in [0.2, 0.25) is 11.8 Å². The number of piperidine rings is 1. The number of allylic oxidation sites excluding steroid dienone is 1. The predicted octanol–water partition coefficient (Wildman–Crippen LogP) is 6.10. The van der Waals surface area contributed by atoms with Gasteiger partial charge in [0, 0.05) is 43.1 Å². The van der Waals surface area contributed by atoms with Crippen LogP contribution in [-0.2, 0) is 22.7 Å². The maximum Gasteiger partial charge on any atom is 0.255 e. The molecule has 0 bridgehead atoms. The van der Waals surface area contributed by atoms with E-state index >= 15 is 4.39 Å². The Balaban J connectivity index is 1.11. The van der Waals surface area contributed by atoms with Crippen LogP contribution < -0.4 is 10.1 Å². The molecule has 2 aliphatic heterocycles. The first-order chi connectivity index (χ1) is 24.1. The number of phenols is 2. The van der Waals surface area contributed by atoms with Gasteiger partial charge in [-0.3, -0.25) is 24.6 Å². The summed E-state index contributed by atoms with van der Waals surface area (Å²) in [6, 6.07) is 23.9. The second kappa shape index (κ2) is 15.1. The molecule has 1 unspecified atom stereocenters. The van der Waals surface area contributed by atoms with Crippen LogP contribution in [0.3, 0.4) is 0 Å². The Labute approximate surface area is 294 Å². The summed E-state index contributed by atoms with van der Waals surface area (Å²) in [6.07, 6.45) is 0.976. The number of fused-ring (bicyclic) bond motifs is 1. The molecule has 11 heteroatoms. The van der Waals surface area contributed by atoms with Crippen molar-refractivity contribution in [2.24, 2.45) is 0 Å². The SMILES string of the molecule is CN(CCOc1ccc(/C(=C(\CCCl)c2ccc(O)cc2)c2ccc(O)cc2)cc1)Cc1cc2c(cc1F)C(=O)N(C1CCC(=O)NC1=O)C2. The molecule has 2 heterocycles. The Bertz CT molecular complexity index is 1930. The maximum absolute atomic E-state index is 15.2. The predicted molar refractivity (Wildman–Crippen MR) is 188 cm³/mol. The fourth-order valence-electron chi connectivity index (χ4n) is 6.48. The zero-order chi connectivity index (χ0) is 35.4. The van der Waals surface area contributed by atoms with Crippen molar-refractivity contribution in [3.8, 4) is 17.2 Å². The van der Waals surface area contributed by atoms with Gasteiger partial charge in [-0.05, 0) is 102 Å². The summed E-state index contributed by atoms with van der Waals surface area (Å²) in [5.74, 6) is -0.383. The molecule has 1 atom stereocenters. The van der Waals surface area contributed by atoms with Crippen LogP contribution in [0.25, 0.3) is 11.1 Å². The molecule has 0 radical (unpaired) electrons. The lowest BCUT2D eigenvalue weighted by Crippen LogP contribution is -2.52.